The van der Waals surface area contributed by atoms with Crippen molar-refractivity contribution in [1.29, 1.82) is 0 Å². The van der Waals surface area contributed by atoms with E-state index in [0.717, 1.165) is 27.8 Å². The van der Waals surface area contributed by atoms with Crippen LogP contribution in [0.1, 0.15) is 0 Å². The molecule has 18 heavy (non-hydrogen) atoms. The van der Waals surface area contributed by atoms with Gasteiger partial charge in [0, 0.05) is 18.6 Å². The van der Waals surface area contributed by atoms with Crippen LogP contribution in [0.2, 0.25) is 0 Å². The second-order valence-electron chi connectivity index (χ2n) is 4.11. The SMILES string of the molecule is COc1ccc(-c2cnoc2N)c2ccn(C)c12. The number of anilines is 1. The van der Waals surface area contributed by atoms with E-state index in [-0.39, 0.29) is 0 Å². The molecule has 0 atom stereocenters. The number of nitrogen functional groups attached to an aromatic ring is 1. The summed E-state index contributed by atoms with van der Waals surface area (Å²) in [5.41, 5.74) is 8.59. The van der Waals surface area contributed by atoms with E-state index < -0.39 is 0 Å². The fourth-order valence-corrected chi connectivity index (χ4v) is 2.23. The first kappa shape index (κ1) is 10.7. The third-order valence-corrected chi connectivity index (χ3v) is 3.11. The molecule has 0 fully saturated rings. The molecular weight excluding hydrogens is 230 g/mol. The molecule has 3 aromatic rings. The number of hydrogen-bond donors (Lipinski definition) is 1. The number of nitrogens with two attached hydrogens (primary N) is 1. The molecule has 2 heterocycles. The average molecular weight is 243 g/mol. The molecule has 0 radical (unpaired) electrons. The first-order chi connectivity index (χ1) is 8.72. The predicted molar refractivity (Wildman–Crippen MR) is 69.4 cm³/mol. The third-order valence-electron chi connectivity index (χ3n) is 3.11. The average Bonchev–Trinajstić information content (AvgIpc) is 2.96. The van der Waals surface area contributed by atoms with Crippen molar-refractivity contribution < 1.29 is 9.26 Å². The highest BCUT2D eigenvalue weighted by atomic mass is 16.5. The van der Waals surface area contributed by atoms with Crippen molar-refractivity contribution in [3.8, 4) is 16.9 Å². The molecular formula is C13H13N3O2. The quantitative estimate of drug-likeness (QED) is 0.750. The summed E-state index contributed by atoms with van der Waals surface area (Å²) >= 11 is 0. The van der Waals surface area contributed by atoms with Crippen LogP contribution in [0.15, 0.2) is 35.1 Å². The number of aryl methyl sites for hydroxylation is 1. The highest BCUT2D eigenvalue weighted by molar-refractivity contribution is 6.00. The second kappa shape index (κ2) is 3.80. The van der Waals surface area contributed by atoms with Gasteiger partial charge in [0.1, 0.15) is 5.75 Å². The summed E-state index contributed by atoms with van der Waals surface area (Å²) in [5, 5.41) is 4.78. The number of nitrogens with zero attached hydrogens (tertiary/aromatic N) is 2. The van der Waals surface area contributed by atoms with Crippen molar-refractivity contribution in [2.45, 2.75) is 0 Å². The van der Waals surface area contributed by atoms with E-state index in [1.165, 1.54) is 0 Å². The standard InChI is InChI=1S/C13H13N3O2/c1-16-6-5-9-8(10-7-15-18-13(10)14)3-4-11(17-2)12(9)16/h3-7H,14H2,1-2H3. The molecule has 0 unspecified atom stereocenters. The van der Waals surface area contributed by atoms with Crippen LogP contribution in [0.25, 0.3) is 22.0 Å². The number of ether oxygens (including phenoxy) is 1. The van der Waals surface area contributed by atoms with Crippen molar-refractivity contribution in [2.24, 2.45) is 7.05 Å². The van der Waals surface area contributed by atoms with E-state index in [0.29, 0.717) is 5.88 Å². The van der Waals surface area contributed by atoms with E-state index >= 15 is 0 Å². The topological polar surface area (TPSA) is 66.2 Å². The van der Waals surface area contributed by atoms with Crippen LogP contribution in [0.4, 0.5) is 5.88 Å². The molecule has 0 amide bonds. The minimum atomic E-state index is 0.324. The molecule has 3 rings (SSSR count). The first-order valence-electron chi connectivity index (χ1n) is 5.55. The summed E-state index contributed by atoms with van der Waals surface area (Å²) in [6.07, 6.45) is 3.62. The Balaban J connectivity index is 2.36. The molecule has 0 aliphatic heterocycles. The molecule has 0 saturated carbocycles. The van der Waals surface area contributed by atoms with Crippen molar-refractivity contribution in [2.75, 3.05) is 12.8 Å². The van der Waals surface area contributed by atoms with Gasteiger partial charge in [0.15, 0.2) is 0 Å². The van der Waals surface area contributed by atoms with E-state index in [1.807, 2.05) is 36.0 Å². The van der Waals surface area contributed by atoms with Crippen LogP contribution >= 0.6 is 0 Å². The molecule has 5 heteroatoms. The zero-order chi connectivity index (χ0) is 12.7. The Morgan fingerprint density at radius 2 is 2.11 bits per heavy atom. The Labute approximate surface area is 104 Å². The first-order valence-corrected chi connectivity index (χ1v) is 5.55. The summed E-state index contributed by atoms with van der Waals surface area (Å²) < 4.78 is 12.3. The van der Waals surface area contributed by atoms with E-state index in [2.05, 4.69) is 5.16 Å². The number of hydrogen-bond acceptors (Lipinski definition) is 4. The number of aromatic nitrogens is 2. The molecule has 0 aliphatic carbocycles. The van der Waals surface area contributed by atoms with Gasteiger partial charge in [0.25, 0.3) is 0 Å². The van der Waals surface area contributed by atoms with Crippen molar-refractivity contribution in [3.05, 3.63) is 30.6 Å². The third kappa shape index (κ3) is 1.37. The van der Waals surface area contributed by atoms with Crippen LogP contribution in [-0.2, 0) is 7.05 Å². The van der Waals surface area contributed by atoms with Gasteiger partial charge in [0.2, 0.25) is 5.88 Å². The van der Waals surface area contributed by atoms with Crippen molar-refractivity contribution in [3.63, 3.8) is 0 Å². The summed E-state index contributed by atoms with van der Waals surface area (Å²) in [6, 6.07) is 5.91. The molecule has 92 valence electrons. The lowest BCUT2D eigenvalue weighted by Gasteiger charge is -2.08. The van der Waals surface area contributed by atoms with Gasteiger partial charge < -0.3 is 19.6 Å². The van der Waals surface area contributed by atoms with Crippen LogP contribution in [0.3, 0.4) is 0 Å². The van der Waals surface area contributed by atoms with E-state index in [4.69, 9.17) is 15.0 Å². The van der Waals surface area contributed by atoms with Gasteiger partial charge in [-0.2, -0.15) is 0 Å². The maximum Gasteiger partial charge on any atom is 0.229 e. The number of methoxy groups -OCH3 is 1. The van der Waals surface area contributed by atoms with Gasteiger partial charge >= 0.3 is 0 Å². The summed E-state index contributed by atoms with van der Waals surface area (Å²) in [6.45, 7) is 0. The van der Waals surface area contributed by atoms with E-state index in [1.54, 1.807) is 13.3 Å². The maximum atomic E-state index is 5.77. The zero-order valence-electron chi connectivity index (χ0n) is 10.2. The van der Waals surface area contributed by atoms with Crippen molar-refractivity contribution >= 4 is 16.8 Å². The maximum absolute atomic E-state index is 5.77. The molecule has 0 bridgehead atoms. The van der Waals surface area contributed by atoms with Gasteiger partial charge in [-0.15, -0.1) is 0 Å². The van der Waals surface area contributed by atoms with Gasteiger partial charge in [-0.3, -0.25) is 0 Å². The number of rotatable bonds is 2. The molecule has 1 aromatic carbocycles. The van der Waals surface area contributed by atoms with Crippen molar-refractivity contribution in [1.82, 2.24) is 9.72 Å². The largest absolute Gasteiger partial charge is 0.495 e. The van der Waals surface area contributed by atoms with E-state index in [9.17, 15) is 0 Å². The summed E-state index contributed by atoms with van der Waals surface area (Å²) in [5.74, 6) is 1.15. The molecule has 0 saturated heterocycles. The monoisotopic (exact) mass is 243 g/mol. The smallest absolute Gasteiger partial charge is 0.229 e. The van der Waals surface area contributed by atoms with Crippen LogP contribution in [0, 0.1) is 0 Å². The normalized spacial score (nSPS) is 11.0. The van der Waals surface area contributed by atoms with Crippen LogP contribution < -0.4 is 10.5 Å². The summed E-state index contributed by atoms with van der Waals surface area (Å²) in [4.78, 5) is 0. The van der Waals surface area contributed by atoms with Gasteiger partial charge in [-0.1, -0.05) is 5.16 Å². The van der Waals surface area contributed by atoms with Crippen LogP contribution in [0.5, 0.6) is 5.75 Å². The lowest BCUT2D eigenvalue weighted by atomic mass is 10.0. The van der Waals surface area contributed by atoms with Gasteiger partial charge in [0.05, 0.1) is 24.4 Å². The Morgan fingerprint density at radius 1 is 1.28 bits per heavy atom. The number of fused-ring (bicyclic) bond motifs is 1. The van der Waals surface area contributed by atoms with Gasteiger partial charge in [-0.05, 0) is 23.8 Å². The Kier molecular flexibility index (Phi) is 2.26. The fraction of sp³-hybridized carbons (Fsp3) is 0.154. The summed E-state index contributed by atoms with van der Waals surface area (Å²) in [7, 11) is 3.64. The minimum Gasteiger partial charge on any atom is -0.495 e. The lowest BCUT2D eigenvalue weighted by Crippen LogP contribution is -1.92. The molecule has 2 aromatic heterocycles. The fourth-order valence-electron chi connectivity index (χ4n) is 2.23. The predicted octanol–water partition coefficient (Wildman–Crippen LogP) is 2.42. The lowest BCUT2D eigenvalue weighted by molar-refractivity contribution is 0.418. The minimum absolute atomic E-state index is 0.324. The number of benzene rings is 1. The molecule has 0 spiro atoms. The Hall–Kier alpha value is -2.43. The Bertz CT molecular complexity index is 712. The zero-order valence-corrected chi connectivity index (χ0v) is 10.2. The Morgan fingerprint density at radius 3 is 2.78 bits per heavy atom. The highest BCUT2D eigenvalue weighted by Gasteiger charge is 2.14. The molecule has 2 N–H and O–H groups in total. The molecule has 0 aliphatic rings. The second-order valence-corrected chi connectivity index (χ2v) is 4.11. The van der Waals surface area contributed by atoms with Gasteiger partial charge in [-0.25, -0.2) is 0 Å². The molecule has 5 nitrogen and oxygen atoms in total. The highest BCUT2D eigenvalue weighted by Crippen LogP contribution is 2.36. The van der Waals surface area contributed by atoms with Crippen LogP contribution in [-0.4, -0.2) is 16.8 Å².